The number of ketones is 1. The molecule has 3 rings (SSSR count). The van der Waals surface area contributed by atoms with Crippen molar-refractivity contribution in [3.05, 3.63) is 105 Å². The zero-order chi connectivity index (χ0) is 32.0. The van der Waals surface area contributed by atoms with Gasteiger partial charge in [-0.1, -0.05) is 26.0 Å². The topological polar surface area (TPSA) is 152 Å². The Morgan fingerprint density at radius 3 is 1.83 bits per heavy atom. The normalized spacial score (nSPS) is 23.7. The van der Waals surface area contributed by atoms with Crippen molar-refractivity contribution in [3.63, 3.8) is 0 Å². The lowest BCUT2D eigenvalue weighted by atomic mass is 9.77. The van der Waals surface area contributed by atoms with Gasteiger partial charge in [0.25, 0.3) is 20.2 Å². The van der Waals surface area contributed by atoms with Crippen LogP contribution in [0.2, 0.25) is 0 Å². The van der Waals surface area contributed by atoms with Gasteiger partial charge in [-0.25, -0.2) is 4.58 Å². The Morgan fingerprint density at radius 2 is 1.38 bits per heavy atom. The van der Waals surface area contributed by atoms with Gasteiger partial charge in [-0.3, -0.25) is 13.9 Å². The number of aliphatic hydroxyl groups excluding tert-OH is 1. The van der Waals surface area contributed by atoms with E-state index in [0.717, 1.165) is 0 Å². The van der Waals surface area contributed by atoms with Crippen molar-refractivity contribution in [2.45, 2.75) is 41.5 Å². The number of allylic oxidation sites excluding steroid dienone is 12. The maximum Gasteiger partial charge on any atom is 0.294 e. The summed E-state index contributed by atoms with van der Waals surface area (Å²) in [6.07, 6.45) is 14.8. The van der Waals surface area contributed by atoms with E-state index in [1.165, 1.54) is 36.5 Å². The molecule has 0 aromatic rings. The average molecular weight is 618 g/mol. The first-order chi connectivity index (χ1) is 19.2. The maximum atomic E-state index is 13.3. The smallest absolute Gasteiger partial charge is 0.294 e. The predicted octanol–water partition coefficient (Wildman–Crippen LogP) is 4.75. The minimum absolute atomic E-state index is 0.0899. The van der Waals surface area contributed by atoms with Gasteiger partial charge in [0.1, 0.15) is 12.8 Å². The number of rotatable bonds is 8. The van der Waals surface area contributed by atoms with Gasteiger partial charge in [-0.2, -0.15) is 16.8 Å². The summed E-state index contributed by atoms with van der Waals surface area (Å²) < 4.78 is 68.3. The van der Waals surface area contributed by atoms with Gasteiger partial charge in [0.2, 0.25) is 5.78 Å². The number of Topliss-reactive ketones (excluding diaryl/α,β-unsaturated/α-hetero) is 1. The van der Waals surface area contributed by atoms with E-state index in [-0.39, 0.29) is 26.7 Å². The Morgan fingerprint density at radius 1 is 0.881 bits per heavy atom. The zero-order valence-corrected chi connectivity index (χ0v) is 26.5. The third kappa shape index (κ3) is 6.12. The number of nitrogens with zero attached hydrogens (tertiary/aromatic N) is 2. The number of carbonyl (C=O) groups is 1. The molecule has 0 aromatic heterocycles. The van der Waals surface area contributed by atoms with E-state index in [4.69, 9.17) is 0 Å². The molecular formula is C30H37N2O8S2+. The van der Waals surface area contributed by atoms with Crippen molar-refractivity contribution in [1.29, 1.82) is 0 Å². The summed E-state index contributed by atoms with van der Waals surface area (Å²) in [5.41, 5.74) is 1.03. The number of hydrogen-bond acceptors (Lipinski definition) is 7. The van der Waals surface area contributed by atoms with Crippen molar-refractivity contribution in [1.82, 2.24) is 4.90 Å². The van der Waals surface area contributed by atoms with Crippen LogP contribution < -0.4 is 0 Å². The second-order valence-corrected chi connectivity index (χ2v) is 14.1. The van der Waals surface area contributed by atoms with Crippen molar-refractivity contribution in [2.75, 3.05) is 14.1 Å². The van der Waals surface area contributed by atoms with Gasteiger partial charge >= 0.3 is 0 Å². The standard InChI is InChI=1S/C30H36N2O8S2/c1-9-11-21(41(35,36)37)13-19-17-31(7)25(29(19,3)4)15-23-27(33)24(28(23)34)16-26-30(5,6)20(18-32(26)8)14-22(12-10-2)42(38,39)40/h9-18H,1-8H3,(H2-,33,34,35,36,37,38,39,40)/p+1/b11-9-,12-10-,21-13+,22-14+. The van der Waals surface area contributed by atoms with Crippen LogP contribution in [0.15, 0.2) is 105 Å². The first kappa shape index (κ1) is 32.9. The van der Waals surface area contributed by atoms with Gasteiger partial charge in [0.05, 0.1) is 26.4 Å². The molecule has 2 aliphatic heterocycles. The van der Waals surface area contributed by atoms with Crippen molar-refractivity contribution < 1.29 is 40.4 Å². The molecule has 0 spiro atoms. The van der Waals surface area contributed by atoms with E-state index in [9.17, 15) is 35.8 Å². The zero-order valence-electron chi connectivity index (χ0n) is 24.9. The molecule has 12 heteroatoms. The molecule has 0 bridgehead atoms. The highest BCUT2D eigenvalue weighted by atomic mass is 32.2. The van der Waals surface area contributed by atoms with Crippen LogP contribution >= 0.6 is 0 Å². The van der Waals surface area contributed by atoms with Crippen molar-refractivity contribution in [3.8, 4) is 0 Å². The van der Waals surface area contributed by atoms with E-state index in [2.05, 4.69) is 0 Å². The van der Waals surface area contributed by atoms with Gasteiger partial charge in [0, 0.05) is 36.0 Å². The molecule has 10 nitrogen and oxygen atoms in total. The quantitative estimate of drug-likeness (QED) is 0.152. The summed E-state index contributed by atoms with van der Waals surface area (Å²) in [6, 6.07) is 0. The van der Waals surface area contributed by atoms with E-state index in [1.807, 2.05) is 27.7 Å². The average Bonchev–Trinajstić information content (AvgIpc) is 3.19. The predicted molar refractivity (Wildman–Crippen MR) is 162 cm³/mol. The Hall–Kier alpha value is -3.58. The van der Waals surface area contributed by atoms with E-state index in [1.54, 1.807) is 62.0 Å². The highest BCUT2D eigenvalue weighted by Gasteiger charge is 2.44. The molecule has 226 valence electrons. The Bertz CT molecular complexity index is 1770. The van der Waals surface area contributed by atoms with Gasteiger partial charge in [-0.05, 0) is 63.6 Å². The van der Waals surface area contributed by atoms with Crippen LogP contribution in [0, 0.1) is 10.8 Å². The molecule has 0 amide bonds. The molecule has 42 heavy (non-hydrogen) atoms. The lowest BCUT2D eigenvalue weighted by molar-refractivity contribution is -0.419. The molecule has 3 N–H and O–H groups in total. The second kappa shape index (κ2) is 11.3. The minimum atomic E-state index is -4.46. The molecule has 0 atom stereocenters. The fourth-order valence-electron chi connectivity index (χ4n) is 5.09. The second-order valence-electron chi connectivity index (χ2n) is 11.2. The number of aliphatic hydroxyl groups is 1. The fourth-order valence-corrected chi connectivity index (χ4v) is 6.26. The van der Waals surface area contributed by atoms with Gasteiger partial charge < -0.3 is 10.0 Å². The lowest BCUT2D eigenvalue weighted by Gasteiger charge is -2.28. The van der Waals surface area contributed by atoms with Crippen LogP contribution in [-0.2, 0) is 25.0 Å². The molecule has 3 aliphatic rings. The van der Waals surface area contributed by atoms with Crippen LogP contribution in [0.5, 0.6) is 0 Å². The molecule has 0 saturated carbocycles. The fraction of sp³-hybridized carbons (Fsp3) is 0.333. The lowest BCUT2D eigenvalue weighted by Crippen LogP contribution is -2.29. The van der Waals surface area contributed by atoms with Crippen LogP contribution in [0.25, 0.3) is 0 Å². The Labute approximate surface area is 247 Å². The highest BCUT2D eigenvalue weighted by Crippen LogP contribution is 2.46. The van der Waals surface area contributed by atoms with Crippen LogP contribution in [0.1, 0.15) is 41.5 Å². The molecule has 2 heterocycles. The molecule has 0 aromatic carbocycles. The molecular weight excluding hydrogens is 580 g/mol. The van der Waals surface area contributed by atoms with Crippen molar-refractivity contribution >= 4 is 31.7 Å². The van der Waals surface area contributed by atoms with Crippen molar-refractivity contribution in [2.24, 2.45) is 10.8 Å². The summed E-state index contributed by atoms with van der Waals surface area (Å²) in [7, 11) is -5.46. The highest BCUT2D eigenvalue weighted by molar-refractivity contribution is 7.90. The summed E-state index contributed by atoms with van der Waals surface area (Å²) in [4.78, 5) is 14.4. The van der Waals surface area contributed by atoms with Crippen LogP contribution in [-0.4, -0.2) is 66.1 Å². The van der Waals surface area contributed by atoms with Crippen LogP contribution in [0.3, 0.4) is 0 Å². The summed E-state index contributed by atoms with van der Waals surface area (Å²) >= 11 is 0. The minimum Gasteiger partial charge on any atom is -0.506 e. The maximum absolute atomic E-state index is 13.3. The van der Waals surface area contributed by atoms with Crippen LogP contribution in [0.4, 0.5) is 0 Å². The molecule has 0 unspecified atom stereocenters. The number of carbonyl (C=O) groups excluding carboxylic acids is 1. The Kier molecular flexibility index (Phi) is 8.82. The number of hydrogen-bond donors (Lipinski definition) is 3. The summed E-state index contributed by atoms with van der Waals surface area (Å²) in [5, 5.41) is 10.9. The van der Waals surface area contributed by atoms with E-state index >= 15 is 0 Å². The summed E-state index contributed by atoms with van der Waals surface area (Å²) in [6.45, 7) is 10.6. The van der Waals surface area contributed by atoms with Gasteiger partial charge in [0.15, 0.2) is 11.9 Å². The first-order valence-electron chi connectivity index (χ1n) is 13.0. The molecule has 1 aliphatic carbocycles. The summed E-state index contributed by atoms with van der Waals surface area (Å²) in [5.74, 6) is -0.601. The Balaban J connectivity index is 1.99. The molecule has 0 radical (unpaired) electrons. The third-order valence-corrected chi connectivity index (χ3v) is 9.26. The third-order valence-electron chi connectivity index (χ3n) is 7.56. The SMILES string of the molecule is C/C=C\C(=C/C1=C[N+](C)=C(/C=C2\C(=O)C(/C=C3/N(C)C=C(/C=C(\C=C/C)S(=O)(=O)O)C3(C)C)=C2O)C1(C)C)S(=O)(=O)O. The van der Waals surface area contributed by atoms with Gasteiger partial charge in [-0.15, -0.1) is 0 Å². The first-order valence-corrected chi connectivity index (χ1v) is 15.9. The molecule has 0 saturated heterocycles. The molecule has 0 fully saturated rings. The van der Waals surface area contributed by atoms with E-state index in [0.29, 0.717) is 22.6 Å². The largest absolute Gasteiger partial charge is 0.506 e. The van der Waals surface area contributed by atoms with E-state index < -0.39 is 36.8 Å². The monoisotopic (exact) mass is 617 g/mol.